The Morgan fingerprint density at radius 2 is 1.94 bits per heavy atom. The molecule has 4 heterocycles. The Hall–Kier alpha value is -3.73. The molecule has 11 heteroatoms. The molecule has 0 aliphatic carbocycles. The summed E-state index contributed by atoms with van der Waals surface area (Å²) in [5.41, 5.74) is 4.88. The number of H-pyrrole nitrogens is 1. The number of imidazole rings is 1. The Morgan fingerprint density at radius 1 is 1.11 bits per heavy atom. The molecular weight excluding hydrogens is 498 g/mol. The van der Waals surface area contributed by atoms with E-state index in [2.05, 4.69) is 25.5 Å². The molecule has 1 N–H and O–H groups in total. The van der Waals surface area contributed by atoms with E-state index >= 15 is 0 Å². The van der Waals surface area contributed by atoms with Gasteiger partial charge in [0, 0.05) is 22.3 Å². The fraction of sp³-hybridized carbons (Fsp3) is 0.160. The number of fused-ring (bicyclic) bond motifs is 1. The van der Waals surface area contributed by atoms with E-state index in [1.807, 2.05) is 42.5 Å². The third-order valence-electron chi connectivity index (χ3n) is 6.41. The van der Waals surface area contributed by atoms with E-state index in [1.54, 1.807) is 33.8 Å². The number of aryl methyl sites for hydroxylation is 1. The molecule has 180 valence electrons. The summed E-state index contributed by atoms with van der Waals surface area (Å²) in [6, 6.07) is 16.4. The van der Waals surface area contributed by atoms with Crippen LogP contribution in [0, 0.1) is 0 Å². The first-order chi connectivity index (χ1) is 17.5. The Labute approximate surface area is 214 Å². The van der Waals surface area contributed by atoms with Crippen LogP contribution in [0.1, 0.15) is 24.0 Å². The highest BCUT2D eigenvalue weighted by Crippen LogP contribution is 2.34. The minimum absolute atomic E-state index is 0.111. The Morgan fingerprint density at radius 3 is 2.69 bits per heavy atom. The van der Waals surface area contributed by atoms with E-state index in [-0.39, 0.29) is 11.6 Å². The molecule has 1 aliphatic heterocycles. The van der Waals surface area contributed by atoms with Crippen LogP contribution < -0.4 is 5.56 Å². The lowest BCUT2D eigenvalue weighted by Crippen LogP contribution is -2.23. The van der Waals surface area contributed by atoms with Gasteiger partial charge in [0.1, 0.15) is 18.4 Å². The second-order valence-corrected chi connectivity index (χ2v) is 10.4. The van der Waals surface area contributed by atoms with Crippen molar-refractivity contribution in [3.8, 4) is 28.1 Å². The summed E-state index contributed by atoms with van der Waals surface area (Å²) in [5.74, 6) is 0.735. The number of nitrogens with zero attached hydrogens (tertiary/aromatic N) is 6. The number of rotatable bonds is 5. The number of tetrazole rings is 1. The summed E-state index contributed by atoms with van der Waals surface area (Å²) in [5, 5.41) is 12.0. The van der Waals surface area contributed by atoms with Gasteiger partial charge in [0.25, 0.3) is 5.56 Å². The van der Waals surface area contributed by atoms with Crippen molar-refractivity contribution in [2.45, 2.75) is 23.8 Å². The Kier molecular flexibility index (Phi) is 5.71. The monoisotopic (exact) mass is 517 g/mol. The summed E-state index contributed by atoms with van der Waals surface area (Å²) < 4.78 is 15.0. The molecule has 0 fully saturated rings. The maximum Gasteiger partial charge on any atom is 0.252 e. The topological polar surface area (TPSA) is 117 Å². The van der Waals surface area contributed by atoms with Crippen LogP contribution in [-0.4, -0.2) is 45.6 Å². The molecular formula is C25H20ClN7O2S. The van der Waals surface area contributed by atoms with Crippen LogP contribution in [0.3, 0.4) is 0 Å². The molecule has 36 heavy (non-hydrogen) atoms. The highest BCUT2D eigenvalue weighted by Gasteiger charge is 2.28. The Bertz CT molecular complexity index is 1610. The average molecular weight is 518 g/mol. The van der Waals surface area contributed by atoms with Crippen molar-refractivity contribution < 1.29 is 4.55 Å². The number of hydrogen-bond acceptors (Lipinski definition) is 6. The average Bonchev–Trinajstić information content (AvgIpc) is 3.64. The lowest BCUT2D eigenvalue weighted by atomic mass is 10.0. The number of pyridine rings is 1. The second kappa shape index (κ2) is 9.05. The van der Waals surface area contributed by atoms with Crippen LogP contribution in [0.15, 0.2) is 76.8 Å². The lowest BCUT2D eigenvalue weighted by Gasteiger charge is -2.15. The molecule has 0 saturated heterocycles. The molecule has 1 unspecified atom stereocenters. The number of benzene rings is 2. The van der Waals surface area contributed by atoms with Gasteiger partial charge in [-0.25, -0.2) is 4.98 Å². The number of halogens is 1. The third-order valence-corrected chi connectivity index (χ3v) is 7.58. The summed E-state index contributed by atoms with van der Waals surface area (Å²) in [6.07, 6.45) is 6.43. The van der Waals surface area contributed by atoms with Crippen molar-refractivity contribution in [1.82, 2.24) is 34.7 Å². The van der Waals surface area contributed by atoms with Crippen molar-refractivity contribution in [3.63, 3.8) is 0 Å². The van der Waals surface area contributed by atoms with Gasteiger partial charge in [-0.3, -0.25) is 4.79 Å². The highest BCUT2D eigenvalue weighted by molar-refractivity contribution is 7.90. The van der Waals surface area contributed by atoms with Crippen LogP contribution in [0.4, 0.5) is 0 Å². The van der Waals surface area contributed by atoms with Crippen molar-refractivity contribution in [2.75, 3.05) is 6.26 Å². The normalized spacial score (nSPS) is 15.7. The third kappa shape index (κ3) is 4.02. The first kappa shape index (κ1) is 22.7. The predicted molar refractivity (Wildman–Crippen MR) is 137 cm³/mol. The van der Waals surface area contributed by atoms with Crippen LogP contribution >= 0.6 is 11.6 Å². The minimum atomic E-state index is -1.03. The quantitative estimate of drug-likeness (QED) is 0.354. The molecule has 1 aliphatic rings. The van der Waals surface area contributed by atoms with E-state index in [9.17, 15) is 9.35 Å². The first-order valence-corrected chi connectivity index (χ1v) is 13.2. The van der Waals surface area contributed by atoms with Crippen molar-refractivity contribution >= 4 is 22.8 Å². The molecule has 9 nitrogen and oxygen atoms in total. The molecule has 0 saturated carbocycles. The molecule has 0 spiro atoms. The van der Waals surface area contributed by atoms with Gasteiger partial charge in [-0.2, -0.15) is 4.68 Å². The number of aromatic amines is 1. The van der Waals surface area contributed by atoms with Crippen LogP contribution in [-0.2, 0) is 17.6 Å². The summed E-state index contributed by atoms with van der Waals surface area (Å²) in [6.45, 7) is 0. The summed E-state index contributed by atoms with van der Waals surface area (Å²) in [4.78, 5) is 22.1. The lowest BCUT2D eigenvalue weighted by molar-refractivity contribution is 0.572. The van der Waals surface area contributed by atoms with Crippen LogP contribution in [0.2, 0.25) is 5.02 Å². The van der Waals surface area contributed by atoms with E-state index in [0.29, 0.717) is 5.02 Å². The van der Waals surface area contributed by atoms with Crippen LogP contribution in [0.5, 0.6) is 0 Å². The standard InChI is InChI=1S/C25H20ClN7O2S/c1-36(35)19-6-2-15(3-7-19)21-13-27-25(29-21)23-9-5-18-10-16(11-24(34)33(18)23)20-12-17(26)4-8-22(20)32-14-28-30-31-32/h2-4,6-8,10-14,23H,5,9H2,1H3,(H,27,29)/t23-,36?/m0/s1. The van der Waals surface area contributed by atoms with Gasteiger partial charge in [-0.1, -0.05) is 11.6 Å². The predicted octanol–water partition coefficient (Wildman–Crippen LogP) is 3.81. The molecule has 3 aromatic heterocycles. The van der Waals surface area contributed by atoms with Crippen molar-refractivity contribution in [3.05, 3.63) is 94.0 Å². The van der Waals surface area contributed by atoms with Gasteiger partial charge in [0.2, 0.25) is 0 Å². The minimum Gasteiger partial charge on any atom is -0.612 e. The van der Waals surface area contributed by atoms with Gasteiger partial charge in [-0.05, 0) is 94.1 Å². The molecule has 0 amide bonds. The smallest absolute Gasteiger partial charge is 0.252 e. The largest absolute Gasteiger partial charge is 0.612 e. The van der Waals surface area contributed by atoms with E-state index < -0.39 is 11.2 Å². The van der Waals surface area contributed by atoms with E-state index in [4.69, 9.17) is 11.6 Å². The fourth-order valence-electron chi connectivity index (χ4n) is 4.70. The summed E-state index contributed by atoms with van der Waals surface area (Å²) >= 11 is 5.27. The van der Waals surface area contributed by atoms with Crippen molar-refractivity contribution in [1.29, 1.82) is 0 Å². The SMILES string of the molecule is C[S+]([O-])c1ccc(-c2cnc([C@@H]3CCc4cc(-c5cc(Cl)ccc5-n5cnnn5)cc(=O)n43)[nH]2)cc1. The summed E-state index contributed by atoms with van der Waals surface area (Å²) in [7, 11) is 0. The zero-order valence-electron chi connectivity index (χ0n) is 19.1. The van der Waals surface area contributed by atoms with Gasteiger partial charge >= 0.3 is 0 Å². The van der Waals surface area contributed by atoms with E-state index in [1.165, 1.54) is 6.33 Å². The Balaban J connectivity index is 1.35. The first-order valence-electron chi connectivity index (χ1n) is 11.3. The fourth-order valence-corrected chi connectivity index (χ4v) is 5.39. The van der Waals surface area contributed by atoms with Gasteiger partial charge in [0.15, 0.2) is 4.90 Å². The van der Waals surface area contributed by atoms with Gasteiger partial charge in [0.05, 0.1) is 23.6 Å². The number of aromatic nitrogens is 7. The molecule has 6 rings (SSSR count). The second-order valence-electron chi connectivity index (χ2n) is 8.57. The molecule has 2 atom stereocenters. The van der Waals surface area contributed by atoms with E-state index in [0.717, 1.165) is 57.3 Å². The zero-order chi connectivity index (χ0) is 24.8. The zero-order valence-corrected chi connectivity index (χ0v) is 20.7. The number of hydrogen-bond donors (Lipinski definition) is 1. The highest BCUT2D eigenvalue weighted by atomic mass is 35.5. The van der Waals surface area contributed by atoms with Gasteiger partial charge < -0.3 is 14.1 Å². The molecule has 5 aromatic rings. The van der Waals surface area contributed by atoms with Gasteiger partial charge in [-0.15, -0.1) is 5.10 Å². The van der Waals surface area contributed by atoms with Crippen LogP contribution in [0.25, 0.3) is 28.1 Å². The number of nitrogens with one attached hydrogen (secondary N) is 1. The molecule has 2 aromatic carbocycles. The maximum atomic E-state index is 13.4. The molecule has 0 bridgehead atoms. The van der Waals surface area contributed by atoms with Crippen molar-refractivity contribution in [2.24, 2.45) is 0 Å². The molecule has 0 radical (unpaired) electrons. The maximum absolute atomic E-state index is 13.4.